The molecule has 0 aliphatic carbocycles. The Morgan fingerprint density at radius 1 is 1.20 bits per heavy atom. The Morgan fingerprint density at radius 3 is 2.56 bits per heavy atom. The fourth-order valence-corrected chi connectivity index (χ4v) is 2.12. The quantitative estimate of drug-likeness (QED) is 0.716. The third kappa shape index (κ3) is 4.17. The van der Waals surface area contributed by atoms with Crippen LogP contribution in [0.4, 0.5) is 15.9 Å². The number of hydrogen-bond donors (Lipinski definition) is 1. The molecule has 1 amide bonds. The predicted octanol–water partition coefficient (Wildman–Crippen LogP) is 3.54. The average molecular weight is 342 g/mol. The number of halogens is 1. The fourth-order valence-electron chi connectivity index (χ4n) is 2.12. The van der Waals surface area contributed by atoms with Crippen molar-refractivity contribution >= 4 is 23.6 Å². The molecule has 0 aliphatic heterocycles. The van der Waals surface area contributed by atoms with Gasteiger partial charge in [-0.15, -0.1) is 0 Å². The van der Waals surface area contributed by atoms with Crippen LogP contribution in [0.3, 0.4) is 0 Å². The summed E-state index contributed by atoms with van der Waals surface area (Å²) in [6.45, 7) is 3.49. The van der Waals surface area contributed by atoms with Gasteiger partial charge in [0.1, 0.15) is 17.5 Å². The molecule has 0 fully saturated rings. The molecule has 0 bridgehead atoms. The van der Waals surface area contributed by atoms with E-state index in [-0.39, 0.29) is 5.82 Å². The van der Waals surface area contributed by atoms with E-state index in [1.807, 2.05) is 0 Å². The summed E-state index contributed by atoms with van der Waals surface area (Å²) in [6.07, 6.45) is 1.40. The Hall–Kier alpha value is -3.29. The van der Waals surface area contributed by atoms with E-state index in [9.17, 15) is 9.18 Å². The molecule has 2 heterocycles. The molecule has 8 heteroatoms. The molecule has 0 aliphatic rings. The number of aromatic nitrogens is 2. The van der Waals surface area contributed by atoms with E-state index in [1.54, 1.807) is 26.0 Å². The number of aliphatic imine (C=N–C) groups is 1. The van der Waals surface area contributed by atoms with Crippen LogP contribution < -0.4 is 5.32 Å². The minimum atomic E-state index is -0.830. The summed E-state index contributed by atoms with van der Waals surface area (Å²) in [5, 5.41) is 10.2. The molecule has 1 aromatic carbocycles. The first-order valence-electron chi connectivity index (χ1n) is 7.48. The molecule has 3 rings (SSSR count). The van der Waals surface area contributed by atoms with E-state index >= 15 is 0 Å². The Kier molecular flexibility index (Phi) is 4.69. The van der Waals surface area contributed by atoms with Crippen molar-refractivity contribution < 1.29 is 18.2 Å². The van der Waals surface area contributed by atoms with Gasteiger partial charge in [-0.05, 0) is 38.1 Å². The third-order valence-corrected chi connectivity index (χ3v) is 3.32. The van der Waals surface area contributed by atoms with Crippen LogP contribution in [0.2, 0.25) is 0 Å². The molecule has 1 unspecified atom stereocenters. The van der Waals surface area contributed by atoms with Gasteiger partial charge >= 0.3 is 0 Å². The van der Waals surface area contributed by atoms with E-state index in [1.165, 1.54) is 30.5 Å². The van der Waals surface area contributed by atoms with Crippen LogP contribution in [0.25, 0.3) is 0 Å². The van der Waals surface area contributed by atoms with Crippen molar-refractivity contribution in [2.45, 2.75) is 19.8 Å². The summed E-state index contributed by atoms with van der Waals surface area (Å²) >= 11 is 0. The molecule has 0 radical (unpaired) electrons. The highest BCUT2D eigenvalue weighted by molar-refractivity contribution is 6.06. The van der Waals surface area contributed by atoms with Crippen LogP contribution in [0.5, 0.6) is 0 Å². The Bertz CT molecular complexity index is 899. The lowest BCUT2D eigenvalue weighted by Crippen LogP contribution is -2.22. The van der Waals surface area contributed by atoms with Crippen molar-refractivity contribution in [1.82, 2.24) is 10.3 Å². The van der Waals surface area contributed by atoms with Gasteiger partial charge in [-0.3, -0.25) is 4.79 Å². The lowest BCUT2D eigenvalue weighted by Gasteiger charge is -2.10. The number of nitrogens with one attached hydrogen (secondary N) is 1. The van der Waals surface area contributed by atoms with Crippen molar-refractivity contribution in [3.63, 3.8) is 0 Å². The van der Waals surface area contributed by atoms with E-state index in [0.29, 0.717) is 28.7 Å². The first kappa shape index (κ1) is 16.6. The second-order valence-corrected chi connectivity index (χ2v) is 5.42. The number of carbonyl (C=O) groups excluding carboxylic acids is 1. The lowest BCUT2D eigenvalue weighted by atomic mass is 10.1. The summed E-state index contributed by atoms with van der Waals surface area (Å²) in [5.41, 5.74) is 1.10. The van der Waals surface area contributed by atoms with Gasteiger partial charge in [0.05, 0.1) is 5.69 Å². The number of anilines is 1. The van der Waals surface area contributed by atoms with Crippen molar-refractivity contribution in [1.29, 1.82) is 0 Å². The topological polar surface area (TPSA) is 93.5 Å². The predicted molar refractivity (Wildman–Crippen MR) is 88.4 cm³/mol. The molecule has 7 nitrogen and oxygen atoms in total. The minimum absolute atomic E-state index is 0.334. The molecule has 25 heavy (non-hydrogen) atoms. The van der Waals surface area contributed by atoms with Gasteiger partial charge < -0.3 is 14.4 Å². The first-order chi connectivity index (χ1) is 12.0. The van der Waals surface area contributed by atoms with Crippen LogP contribution in [0.1, 0.15) is 23.1 Å². The Labute approximate surface area is 142 Å². The maximum absolute atomic E-state index is 13.0. The molecule has 3 aromatic rings. The van der Waals surface area contributed by atoms with Crippen LogP contribution >= 0.6 is 0 Å². The van der Waals surface area contributed by atoms with Gasteiger partial charge in [0, 0.05) is 24.0 Å². The summed E-state index contributed by atoms with van der Waals surface area (Å²) in [4.78, 5) is 16.8. The molecular formula is C17H15FN4O3. The largest absolute Gasteiger partial charge is 0.360 e. The van der Waals surface area contributed by atoms with E-state index < -0.39 is 11.8 Å². The van der Waals surface area contributed by atoms with Gasteiger partial charge in [0.2, 0.25) is 5.91 Å². The summed E-state index contributed by atoms with van der Waals surface area (Å²) < 4.78 is 23.1. The Morgan fingerprint density at radius 2 is 1.96 bits per heavy atom. The van der Waals surface area contributed by atoms with Crippen molar-refractivity contribution in [2.24, 2.45) is 4.99 Å². The van der Waals surface area contributed by atoms with Crippen LogP contribution in [-0.2, 0) is 4.79 Å². The maximum Gasteiger partial charge on any atom is 0.240 e. The first-order valence-corrected chi connectivity index (χ1v) is 7.48. The molecule has 0 saturated heterocycles. The third-order valence-electron chi connectivity index (χ3n) is 3.32. The summed E-state index contributed by atoms with van der Waals surface area (Å²) in [7, 11) is 0. The van der Waals surface area contributed by atoms with Crippen molar-refractivity contribution in [3.05, 3.63) is 59.4 Å². The lowest BCUT2D eigenvalue weighted by molar-refractivity contribution is -0.116. The SMILES string of the molecule is Cc1cc(C(C=Nc2cc(C)on2)C(=O)Nc2ccc(F)cc2)on1. The molecule has 2 aromatic heterocycles. The number of hydrogen-bond acceptors (Lipinski definition) is 6. The number of carbonyl (C=O) groups is 1. The molecule has 0 saturated carbocycles. The van der Waals surface area contributed by atoms with Crippen molar-refractivity contribution in [3.8, 4) is 0 Å². The summed E-state index contributed by atoms with van der Waals surface area (Å²) in [6, 6.07) is 8.74. The van der Waals surface area contributed by atoms with E-state index in [0.717, 1.165) is 0 Å². The van der Waals surface area contributed by atoms with Gasteiger partial charge in [-0.1, -0.05) is 10.3 Å². The monoisotopic (exact) mass is 342 g/mol. The van der Waals surface area contributed by atoms with Crippen LogP contribution in [0, 0.1) is 19.7 Å². The van der Waals surface area contributed by atoms with Gasteiger partial charge in [0.15, 0.2) is 11.6 Å². The summed E-state index contributed by atoms with van der Waals surface area (Å²) in [5.74, 6) is -0.331. The highest BCUT2D eigenvalue weighted by Gasteiger charge is 2.23. The van der Waals surface area contributed by atoms with E-state index in [2.05, 4.69) is 20.6 Å². The molecule has 0 spiro atoms. The zero-order valence-electron chi connectivity index (χ0n) is 13.6. The van der Waals surface area contributed by atoms with Crippen LogP contribution in [0.15, 0.2) is 50.4 Å². The number of aryl methyl sites for hydroxylation is 2. The normalized spacial score (nSPS) is 12.4. The fraction of sp³-hybridized carbons (Fsp3) is 0.176. The van der Waals surface area contributed by atoms with Gasteiger partial charge in [0.25, 0.3) is 0 Å². The highest BCUT2D eigenvalue weighted by atomic mass is 19.1. The number of amides is 1. The van der Waals surface area contributed by atoms with Gasteiger partial charge in [-0.25, -0.2) is 9.38 Å². The van der Waals surface area contributed by atoms with Crippen LogP contribution in [-0.4, -0.2) is 22.4 Å². The molecule has 128 valence electrons. The zero-order valence-corrected chi connectivity index (χ0v) is 13.6. The highest BCUT2D eigenvalue weighted by Crippen LogP contribution is 2.20. The minimum Gasteiger partial charge on any atom is -0.360 e. The van der Waals surface area contributed by atoms with Gasteiger partial charge in [-0.2, -0.15) is 0 Å². The Balaban J connectivity index is 1.83. The number of benzene rings is 1. The standard InChI is InChI=1S/C17H15FN4O3/c1-10-7-15(25-21-10)14(9-19-16-8-11(2)24-22-16)17(23)20-13-5-3-12(18)4-6-13/h3-9,14H,1-2H3,(H,20,23). The number of nitrogens with zero attached hydrogens (tertiary/aromatic N) is 3. The van der Waals surface area contributed by atoms with Crippen molar-refractivity contribution in [2.75, 3.05) is 5.32 Å². The molecule has 1 atom stereocenters. The average Bonchev–Trinajstić information content (AvgIpc) is 3.18. The second-order valence-electron chi connectivity index (χ2n) is 5.42. The molecular weight excluding hydrogens is 327 g/mol. The second kappa shape index (κ2) is 7.08. The smallest absolute Gasteiger partial charge is 0.240 e. The van der Waals surface area contributed by atoms with E-state index in [4.69, 9.17) is 9.05 Å². The molecule has 1 N–H and O–H groups in total. The maximum atomic E-state index is 13.0. The zero-order chi connectivity index (χ0) is 17.8. The number of rotatable bonds is 5.